The Labute approximate surface area is 193 Å². The fraction of sp³-hybridized carbons (Fsp3) is 0.222. The van der Waals surface area contributed by atoms with Crippen molar-refractivity contribution in [2.75, 3.05) is 13.6 Å². The van der Waals surface area contributed by atoms with Gasteiger partial charge in [0.15, 0.2) is 0 Å². The fourth-order valence-electron chi connectivity index (χ4n) is 3.81. The fourth-order valence-corrected chi connectivity index (χ4v) is 4.47. The van der Waals surface area contributed by atoms with Gasteiger partial charge in [0.2, 0.25) is 0 Å². The molecule has 5 heteroatoms. The van der Waals surface area contributed by atoms with Crippen LogP contribution in [0.4, 0.5) is 0 Å². The number of hydrogen-bond donors (Lipinski definition) is 1. The highest BCUT2D eigenvalue weighted by Gasteiger charge is 2.12. The number of fused-ring (bicyclic) bond motifs is 1. The maximum atomic E-state index is 12.7. The molecule has 1 atom stereocenters. The molecule has 0 spiro atoms. The molecule has 4 aromatic rings. The van der Waals surface area contributed by atoms with E-state index in [-0.39, 0.29) is 12.0 Å². The third kappa shape index (κ3) is 5.75. The van der Waals surface area contributed by atoms with E-state index in [2.05, 4.69) is 46.2 Å². The van der Waals surface area contributed by atoms with E-state index in [1.165, 1.54) is 11.1 Å². The quantitative estimate of drug-likeness (QED) is 0.358. The molecule has 1 heterocycles. The molecule has 0 saturated heterocycles. The van der Waals surface area contributed by atoms with Crippen LogP contribution in [0.3, 0.4) is 0 Å². The summed E-state index contributed by atoms with van der Waals surface area (Å²) in [6.07, 6.45) is -0.146. The van der Waals surface area contributed by atoms with Crippen LogP contribution < -0.4 is 10.1 Å². The summed E-state index contributed by atoms with van der Waals surface area (Å²) in [6.45, 7) is 4.17. The Morgan fingerprint density at radius 1 is 1.00 bits per heavy atom. The van der Waals surface area contributed by atoms with Gasteiger partial charge in [-0.25, -0.2) is 0 Å². The Balaban J connectivity index is 1.31. The van der Waals surface area contributed by atoms with E-state index in [0.29, 0.717) is 12.1 Å². The summed E-state index contributed by atoms with van der Waals surface area (Å²) in [5, 5.41) is 9.32. The average Bonchev–Trinajstić information content (AvgIpc) is 3.30. The smallest absolute Gasteiger partial charge is 0.252 e. The van der Waals surface area contributed by atoms with Gasteiger partial charge in [-0.2, -0.15) is 11.3 Å². The summed E-state index contributed by atoms with van der Waals surface area (Å²) >= 11 is 1.73. The van der Waals surface area contributed by atoms with Gasteiger partial charge in [0.05, 0.1) is 6.54 Å². The lowest BCUT2D eigenvalue weighted by molar-refractivity contribution is 0.0934. The second kappa shape index (κ2) is 10.4. The highest BCUT2D eigenvalue weighted by Crippen LogP contribution is 2.19. The summed E-state index contributed by atoms with van der Waals surface area (Å²) in [5.74, 6) is 0.736. The standard InChI is InChI=1S/C27H28N2O2S/c1-20(16-28-27(30)26-12-6-9-23-8-3-4-11-25(23)26)31-24-10-5-7-21(15-24)17-29(2)18-22-13-14-32-19-22/h3-15,19-20H,16-18H2,1-2H3,(H,28,30). The lowest BCUT2D eigenvalue weighted by Crippen LogP contribution is -2.33. The van der Waals surface area contributed by atoms with Crippen LogP contribution in [0.5, 0.6) is 5.75 Å². The number of carbonyl (C=O) groups is 1. The number of amides is 1. The van der Waals surface area contributed by atoms with Gasteiger partial charge < -0.3 is 10.1 Å². The molecule has 3 aromatic carbocycles. The first kappa shape index (κ1) is 22.1. The van der Waals surface area contributed by atoms with Gasteiger partial charge in [0.25, 0.3) is 5.91 Å². The summed E-state index contributed by atoms with van der Waals surface area (Å²) in [7, 11) is 2.12. The zero-order valence-electron chi connectivity index (χ0n) is 18.5. The van der Waals surface area contributed by atoms with Crippen molar-refractivity contribution in [1.82, 2.24) is 10.2 Å². The maximum Gasteiger partial charge on any atom is 0.252 e. The monoisotopic (exact) mass is 444 g/mol. The van der Waals surface area contributed by atoms with Crippen molar-refractivity contribution in [3.8, 4) is 5.75 Å². The van der Waals surface area contributed by atoms with E-state index in [9.17, 15) is 4.79 Å². The van der Waals surface area contributed by atoms with E-state index in [1.54, 1.807) is 11.3 Å². The summed E-state index contributed by atoms with van der Waals surface area (Å²) in [4.78, 5) is 15.0. The maximum absolute atomic E-state index is 12.7. The Hall–Kier alpha value is -3.15. The van der Waals surface area contributed by atoms with Crippen molar-refractivity contribution >= 4 is 28.0 Å². The van der Waals surface area contributed by atoms with Crippen LogP contribution in [0.25, 0.3) is 10.8 Å². The van der Waals surface area contributed by atoms with Crippen LogP contribution in [-0.2, 0) is 13.1 Å². The third-order valence-corrected chi connectivity index (χ3v) is 6.04. The predicted molar refractivity (Wildman–Crippen MR) is 132 cm³/mol. The van der Waals surface area contributed by atoms with E-state index >= 15 is 0 Å². The number of carbonyl (C=O) groups excluding carboxylic acids is 1. The number of benzene rings is 3. The zero-order chi connectivity index (χ0) is 22.3. The van der Waals surface area contributed by atoms with Gasteiger partial charge in [-0.15, -0.1) is 0 Å². The van der Waals surface area contributed by atoms with Gasteiger partial charge in [-0.05, 0) is 70.9 Å². The normalized spacial score (nSPS) is 12.1. The molecule has 0 saturated carbocycles. The van der Waals surface area contributed by atoms with Crippen molar-refractivity contribution in [3.05, 3.63) is 100 Å². The average molecular weight is 445 g/mol. The Morgan fingerprint density at radius 2 is 1.78 bits per heavy atom. The SMILES string of the molecule is CC(CNC(=O)c1cccc2ccccc12)Oc1cccc(CN(C)Cc2ccsc2)c1. The van der Waals surface area contributed by atoms with Crippen LogP contribution in [0.15, 0.2) is 83.6 Å². The topological polar surface area (TPSA) is 41.6 Å². The molecule has 4 rings (SSSR count). The second-order valence-corrected chi connectivity index (χ2v) is 8.90. The number of hydrogen-bond acceptors (Lipinski definition) is 4. The highest BCUT2D eigenvalue weighted by molar-refractivity contribution is 7.07. The van der Waals surface area contributed by atoms with Crippen LogP contribution in [0.1, 0.15) is 28.4 Å². The van der Waals surface area contributed by atoms with Gasteiger partial charge in [-0.3, -0.25) is 9.69 Å². The third-order valence-electron chi connectivity index (χ3n) is 5.31. The molecule has 1 N–H and O–H groups in total. The minimum atomic E-state index is -0.146. The van der Waals surface area contributed by atoms with Crippen LogP contribution in [0, 0.1) is 0 Å². The molecule has 0 aliphatic carbocycles. The van der Waals surface area contributed by atoms with Crippen molar-refractivity contribution in [3.63, 3.8) is 0 Å². The molecule has 1 aromatic heterocycles. The van der Waals surface area contributed by atoms with Crippen molar-refractivity contribution < 1.29 is 9.53 Å². The van der Waals surface area contributed by atoms with Crippen molar-refractivity contribution in [1.29, 1.82) is 0 Å². The number of nitrogens with one attached hydrogen (secondary N) is 1. The minimum Gasteiger partial charge on any atom is -0.489 e. The molecule has 4 nitrogen and oxygen atoms in total. The van der Waals surface area contributed by atoms with E-state index in [1.807, 2.05) is 61.5 Å². The molecular formula is C27H28N2O2S. The Morgan fingerprint density at radius 3 is 2.62 bits per heavy atom. The Bertz CT molecular complexity index is 1170. The van der Waals surface area contributed by atoms with Crippen molar-refractivity contribution in [2.24, 2.45) is 0 Å². The first-order valence-electron chi connectivity index (χ1n) is 10.8. The summed E-state index contributed by atoms with van der Waals surface area (Å²) in [5.41, 5.74) is 3.22. The second-order valence-electron chi connectivity index (χ2n) is 8.12. The van der Waals surface area contributed by atoms with Gasteiger partial charge in [0, 0.05) is 18.7 Å². The predicted octanol–water partition coefficient (Wildman–Crippen LogP) is 5.73. The highest BCUT2D eigenvalue weighted by atomic mass is 32.1. The van der Waals surface area contributed by atoms with E-state index < -0.39 is 0 Å². The van der Waals surface area contributed by atoms with Gasteiger partial charge in [-0.1, -0.05) is 48.5 Å². The molecule has 32 heavy (non-hydrogen) atoms. The number of thiophene rings is 1. The number of rotatable bonds is 9. The molecular weight excluding hydrogens is 416 g/mol. The molecule has 0 radical (unpaired) electrons. The van der Waals surface area contributed by atoms with Gasteiger partial charge >= 0.3 is 0 Å². The lowest BCUT2D eigenvalue weighted by atomic mass is 10.0. The van der Waals surface area contributed by atoms with Crippen molar-refractivity contribution in [2.45, 2.75) is 26.1 Å². The Kier molecular flexibility index (Phi) is 7.20. The minimum absolute atomic E-state index is 0.0824. The largest absolute Gasteiger partial charge is 0.489 e. The lowest BCUT2D eigenvalue weighted by Gasteiger charge is -2.19. The van der Waals surface area contributed by atoms with Crippen LogP contribution in [-0.4, -0.2) is 30.5 Å². The number of nitrogens with zero attached hydrogens (tertiary/aromatic N) is 1. The van der Waals surface area contributed by atoms with E-state index in [0.717, 1.165) is 29.6 Å². The zero-order valence-corrected chi connectivity index (χ0v) is 19.3. The molecule has 0 aliphatic heterocycles. The molecule has 1 amide bonds. The summed E-state index contributed by atoms with van der Waals surface area (Å²) in [6, 6.07) is 24.1. The molecule has 0 bridgehead atoms. The first-order chi connectivity index (χ1) is 15.6. The van der Waals surface area contributed by atoms with Crippen LogP contribution in [0.2, 0.25) is 0 Å². The number of ether oxygens (including phenoxy) is 1. The summed E-state index contributed by atoms with van der Waals surface area (Å²) < 4.78 is 6.08. The van der Waals surface area contributed by atoms with Gasteiger partial charge in [0.1, 0.15) is 11.9 Å². The van der Waals surface area contributed by atoms with Crippen LogP contribution >= 0.6 is 11.3 Å². The van der Waals surface area contributed by atoms with E-state index in [4.69, 9.17) is 4.74 Å². The molecule has 164 valence electrons. The molecule has 1 unspecified atom stereocenters. The first-order valence-corrected chi connectivity index (χ1v) is 11.7. The molecule has 0 aliphatic rings. The molecule has 0 fully saturated rings.